The number of imidazole rings is 1. The highest BCUT2D eigenvalue weighted by molar-refractivity contribution is 7.90. The molecule has 1 heterocycles. The van der Waals surface area contributed by atoms with Gasteiger partial charge >= 0.3 is 0 Å². The molecule has 3 aromatic carbocycles. The molecule has 0 fully saturated rings. The number of phenols is 1. The summed E-state index contributed by atoms with van der Waals surface area (Å²) < 4.78 is 26.2. The first-order valence-corrected chi connectivity index (χ1v) is 15.9. The Hall–Kier alpha value is -4.05. The molecule has 0 spiro atoms. The minimum absolute atomic E-state index is 0.0722. The smallest absolute Gasteiger partial charge is 0.248 e. The van der Waals surface area contributed by atoms with E-state index in [-0.39, 0.29) is 11.7 Å². The van der Waals surface area contributed by atoms with Crippen LogP contribution in [0.25, 0.3) is 17.2 Å². The SMILES string of the molecule is CCCCOCCOc1ccc(-c2ccc(O)c(/C=C/C(=O)Nc3ccc([S@+]([O-])Cc4cncn4CCC)cc3)c2)cc1. The summed E-state index contributed by atoms with van der Waals surface area (Å²) in [6.45, 7) is 6.87. The van der Waals surface area contributed by atoms with Gasteiger partial charge in [0, 0.05) is 30.5 Å². The number of hydrogen-bond acceptors (Lipinski definition) is 6. The maximum absolute atomic E-state index is 12.9. The molecular weight excluding hydrogens is 562 g/mol. The fraction of sp³-hybridized carbons (Fsp3) is 0.294. The zero-order valence-electron chi connectivity index (χ0n) is 24.7. The summed E-state index contributed by atoms with van der Waals surface area (Å²) in [6, 6.07) is 19.9. The fourth-order valence-electron chi connectivity index (χ4n) is 4.35. The van der Waals surface area contributed by atoms with Gasteiger partial charge in [0.1, 0.15) is 18.1 Å². The highest BCUT2D eigenvalue weighted by atomic mass is 32.2. The van der Waals surface area contributed by atoms with E-state index in [1.54, 1.807) is 48.9 Å². The van der Waals surface area contributed by atoms with Gasteiger partial charge in [0.15, 0.2) is 10.6 Å². The van der Waals surface area contributed by atoms with E-state index in [0.717, 1.165) is 55.0 Å². The Morgan fingerprint density at radius 2 is 1.77 bits per heavy atom. The summed E-state index contributed by atoms with van der Waals surface area (Å²) >= 11 is -1.23. The molecular formula is C34H39N3O5S. The Morgan fingerprint density at radius 1 is 1.00 bits per heavy atom. The van der Waals surface area contributed by atoms with Crippen LogP contribution in [0, 0.1) is 0 Å². The van der Waals surface area contributed by atoms with E-state index >= 15 is 0 Å². The van der Waals surface area contributed by atoms with Crippen molar-refractivity contribution < 1.29 is 23.9 Å². The Morgan fingerprint density at radius 3 is 2.51 bits per heavy atom. The van der Waals surface area contributed by atoms with Crippen LogP contribution >= 0.6 is 0 Å². The molecule has 226 valence electrons. The Bertz CT molecular complexity index is 1470. The summed E-state index contributed by atoms with van der Waals surface area (Å²) in [5.74, 6) is 0.867. The van der Waals surface area contributed by atoms with Crippen molar-refractivity contribution >= 4 is 28.8 Å². The van der Waals surface area contributed by atoms with E-state index in [1.165, 1.54) is 6.08 Å². The monoisotopic (exact) mass is 601 g/mol. The highest BCUT2D eigenvalue weighted by Gasteiger charge is 2.15. The zero-order chi connectivity index (χ0) is 30.4. The molecule has 0 unspecified atom stereocenters. The van der Waals surface area contributed by atoms with Crippen LogP contribution in [-0.2, 0) is 33.0 Å². The molecule has 43 heavy (non-hydrogen) atoms. The molecule has 8 nitrogen and oxygen atoms in total. The number of anilines is 1. The van der Waals surface area contributed by atoms with Crippen molar-refractivity contribution in [3.8, 4) is 22.6 Å². The molecule has 0 radical (unpaired) electrons. The molecule has 1 amide bonds. The number of phenolic OH excluding ortho intramolecular Hbond substituents is 1. The van der Waals surface area contributed by atoms with Crippen LogP contribution in [0.2, 0.25) is 0 Å². The number of rotatable bonds is 16. The number of carbonyl (C=O) groups is 1. The first kappa shape index (κ1) is 31.9. The zero-order valence-corrected chi connectivity index (χ0v) is 25.5. The molecule has 0 bridgehead atoms. The topological polar surface area (TPSA) is 109 Å². The van der Waals surface area contributed by atoms with Gasteiger partial charge in [-0.05, 0) is 89.8 Å². The number of benzene rings is 3. The van der Waals surface area contributed by atoms with Gasteiger partial charge in [-0.15, -0.1) is 0 Å². The minimum atomic E-state index is -1.23. The van der Waals surface area contributed by atoms with Gasteiger partial charge in [0.25, 0.3) is 0 Å². The minimum Gasteiger partial charge on any atom is -0.611 e. The lowest BCUT2D eigenvalue weighted by Crippen LogP contribution is -2.11. The maximum Gasteiger partial charge on any atom is 0.248 e. The van der Waals surface area contributed by atoms with Gasteiger partial charge in [-0.1, -0.05) is 38.5 Å². The lowest BCUT2D eigenvalue weighted by atomic mass is 10.0. The van der Waals surface area contributed by atoms with Crippen molar-refractivity contribution in [2.45, 2.75) is 50.3 Å². The summed E-state index contributed by atoms with van der Waals surface area (Å²) in [6.07, 6.45) is 9.60. The van der Waals surface area contributed by atoms with E-state index in [0.29, 0.717) is 35.1 Å². The molecule has 0 saturated carbocycles. The van der Waals surface area contributed by atoms with E-state index in [9.17, 15) is 14.5 Å². The second kappa shape index (κ2) is 16.6. The van der Waals surface area contributed by atoms with Crippen LogP contribution in [0.15, 0.2) is 90.2 Å². The normalized spacial score (nSPS) is 12.0. The van der Waals surface area contributed by atoms with E-state index < -0.39 is 11.2 Å². The van der Waals surface area contributed by atoms with Gasteiger partial charge in [0.05, 0.1) is 24.8 Å². The van der Waals surface area contributed by atoms with E-state index in [1.807, 2.05) is 41.0 Å². The Kier molecular flexibility index (Phi) is 12.3. The van der Waals surface area contributed by atoms with Crippen molar-refractivity contribution in [1.82, 2.24) is 9.55 Å². The molecule has 4 rings (SSSR count). The van der Waals surface area contributed by atoms with Gasteiger partial charge in [-0.2, -0.15) is 0 Å². The average molecular weight is 602 g/mol. The van der Waals surface area contributed by atoms with E-state index in [2.05, 4.69) is 24.1 Å². The average Bonchev–Trinajstić information content (AvgIpc) is 3.45. The molecule has 4 aromatic rings. The standard InChI is InChI=1S/C34H39N3O5S/c1-3-5-19-41-20-21-42-31-12-6-26(7-13-31)27-8-16-33(38)28(22-27)9-17-34(39)36-29-10-14-32(15-11-29)43(40)24-30-23-35-25-37(30)18-4-2/h6-17,22-23,25,38H,3-5,18-21,24H2,1-2H3,(H,36,39)/b17-9+/t43-/m1/s1. The van der Waals surface area contributed by atoms with Crippen LogP contribution in [0.4, 0.5) is 5.69 Å². The summed E-state index contributed by atoms with van der Waals surface area (Å²) in [7, 11) is 0. The molecule has 0 saturated heterocycles. The quantitative estimate of drug-likeness (QED) is 0.0829. The fourth-order valence-corrected chi connectivity index (χ4v) is 5.46. The van der Waals surface area contributed by atoms with Gasteiger partial charge < -0.3 is 29.0 Å². The van der Waals surface area contributed by atoms with Crippen molar-refractivity contribution in [2.75, 3.05) is 25.1 Å². The van der Waals surface area contributed by atoms with Crippen LogP contribution in [0.5, 0.6) is 11.5 Å². The van der Waals surface area contributed by atoms with Crippen molar-refractivity contribution in [3.63, 3.8) is 0 Å². The van der Waals surface area contributed by atoms with Crippen LogP contribution in [0.3, 0.4) is 0 Å². The Balaban J connectivity index is 1.30. The van der Waals surface area contributed by atoms with Crippen LogP contribution in [-0.4, -0.2) is 44.9 Å². The lowest BCUT2D eigenvalue weighted by molar-refractivity contribution is -0.111. The second-order valence-corrected chi connectivity index (χ2v) is 11.5. The summed E-state index contributed by atoms with van der Waals surface area (Å²) in [5.41, 5.74) is 3.89. The number of carbonyl (C=O) groups excluding carboxylic acids is 1. The maximum atomic E-state index is 12.9. The molecule has 0 aliphatic carbocycles. The first-order valence-electron chi connectivity index (χ1n) is 14.6. The molecule has 1 atom stereocenters. The van der Waals surface area contributed by atoms with Crippen molar-refractivity contribution in [1.29, 1.82) is 0 Å². The number of aromatic nitrogens is 2. The number of nitrogens with one attached hydrogen (secondary N) is 1. The predicted molar refractivity (Wildman–Crippen MR) is 172 cm³/mol. The molecule has 0 aliphatic rings. The predicted octanol–water partition coefficient (Wildman–Crippen LogP) is 6.82. The number of aromatic hydroxyl groups is 1. The number of ether oxygens (including phenoxy) is 2. The van der Waals surface area contributed by atoms with Crippen molar-refractivity contribution in [3.05, 3.63) is 96.6 Å². The third-order valence-corrected chi connectivity index (χ3v) is 8.05. The lowest BCUT2D eigenvalue weighted by Gasteiger charge is -2.12. The van der Waals surface area contributed by atoms with Gasteiger partial charge in [0.2, 0.25) is 5.91 Å². The molecule has 1 aromatic heterocycles. The third kappa shape index (κ3) is 9.74. The van der Waals surface area contributed by atoms with E-state index in [4.69, 9.17) is 9.47 Å². The first-order chi connectivity index (χ1) is 21.0. The number of unbranched alkanes of at least 4 members (excludes halogenated alkanes) is 1. The largest absolute Gasteiger partial charge is 0.611 e. The molecule has 2 N–H and O–H groups in total. The summed E-state index contributed by atoms with van der Waals surface area (Å²) in [5, 5.41) is 13.2. The van der Waals surface area contributed by atoms with Crippen molar-refractivity contribution in [2.24, 2.45) is 0 Å². The number of amides is 1. The van der Waals surface area contributed by atoms with Crippen LogP contribution in [0.1, 0.15) is 44.4 Å². The Labute approximate surface area is 256 Å². The summed E-state index contributed by atoms with van der Waals surface area (Å²) in [4.78, 5) is 17.5. The number of hydrogen-bond donors (Lipinski definition) is 2. The van der Waals surface area contributed by atoms with Gasteiger partial charge in [-0.25, -0.2) is 4.98 Å². The van der Waals surface area contributed by atoms with Crippen LogP contribution < -0.4 is 10.1 Å². The molecule has 0 aliphatic heterocycles. The van der Waals surface area contributed by atoms with Gasteiger partial charge in [-0.3, -0.25) is 4.79 Å². The third-order valence-electron chi connectivity index (χ3n) is 6.69. The number of nitrogens with zero attached hydrogens (tertiary/aromatic N) is 2. The number of aryl methyl sites for hydroxylation is 1. The highest BCUT2D eigenvalue weighted by Crippen LogP contribution is 2.28. The molecule has 9 heteroatoms. The second-order valence-electron chi connectivity index (χ2n) is 10.0.